The van der Waals surface area contributed by atoms with Crippen LogP contribution in [-0.2, 0) is 0 Å². The van der Waals surface area contributed by atoms with E-state index in [1.807, 2.05) is 0 Å². The lowest BCUT2D eigenvalue weighted by Gasteiger charge is -2.12. The lowest BCUT2D eigenvalue weighted by Crippen LogP contribution is -2.26. The average Bonchev–Trinajstić information content (AvgIpc) is 2.70. The van der Waals surface area contributed by atoms with Crippen LogP contribution in [0.1, 0.15) is 10.4 Å². The van der Waals surface area contributed by atoms with E-state index in [2.05, 4.69) is 15.0 Å². The highest BCUT2D eigenvalue weighted by Gasteiger charge is 2.13. The Morgan fingerprint density at radius 3 is 2.57 bits per heavy atom. The second kappa shape index (κ2) is 8.62. The zero-order chi connectivity index (χ0) is 20.1. The summed E-state index contributed by atoms with van der Waals surface area (Å²) in [7, 11) is 1.52. The Morgan fingerprint density at radius 2 is 1.93 bits per heavy atom. The summed E-state index contributed by atoms with van der Waals surface area (Å²) >= 11 is 0. The Labute approximate surface area is 159 Å². The van der Waals surface area contributed by atoms with Gasteiger partial charge in [-0.2, -0.15) is 8.78 Å². The standard InChI is InChI=1S/C20H18F2N2O4/c1-27-16-9-13-8-14(19(26)23-6-7-25)11-24-18(13)17(10-16)12-2-4-15(5-3-12)28-20(21)22/h2-5,8-11,20,25H,6-7H2,1H3,(H,23,26). The number of pyridine rings is 1. The van der Waals surface area contributed by atoms with Crippen LogP contribution in [0.5, 0.6) is 11.5 Å². The minimum atomic E-state index is -2.89. The normalized spacial score (nSPS) is 10.9. The lowest BCUT2D eigenvalue weighted by molar-refractivity contribution is -0.0498. The third-order valence-electron chi connectivity index (χ3n) is 4.04. The molecule has 0 radical (unpaired) electrons. The number of aromatic nitrogens is 1. The minimum absolute atomic E-state index is 0.0572. The zero-order valence-corrected chi connectivity index (χ0v) is 15.0. The molecule has 1 aromatic heterocycles. The first-order valence-corrected chi connectivity index (χ1v) is 8.44. The van der Waals surface area contributed by atoms with Gasteiger partial charge in [-0.25, -0.2) is 0 Å². The molecule has 1 amide bonds. The molecule has 0 fully saturated rings. The smallest absolute Gasteiger partial charge is 0.387 e. The molecular weight excluding hydrogens is 370 g/mol. The summed E-state index contributed by atoms with van der Waals surface area (Å²) in [5, 5.41) is 12.1. The number of aliphatic hydroxyl groups is 1. The van der Waals surface area contributed by atoms with Gasteiger partial charge in [-0.1, -0.05) is 12.1 Å². The Balaban J connectivity index is 2.03. The van der Waals surface area contributed by atoms with Crippen molar-refractivity contribution in [2.75, 3.05) is 20.3 Å². The molecule has 2 N–H and O–H groups in total. The van der Waals surface area contributed by atoms with E-state index in [1.54, 1.807) is 30.3 Å². The molecule has 0 atom stereocenters. The first-order valence-electron chi connectivity index (χ1n) is 8.44. The van der Waals surface area contributed by atoms with Crippen LogP contribution in [0.25, 0.3) is 22.0 Å². The number of hydrogen-bond donors (Lipinski definition) is 2. The van der Waals surface area contributed by atoms with Crippen LogP contribution in [0.4, 0.5) is 8.78 Å². The molecule has 0 bridgehead atoms. The molecule has 3 rings (SSSR count). The number of ether oxygens (including phenoxy) is 2. The number of carbonyl (C=O) groups excluding carboxylic acids is 1. The van der Waals surface area contributed by atoms with Gasteiger partial charge >= 0.3 is 6.61 Å². The Morgan fingerprint density at radius 1 is 1.18 bits per heavy atom. The maximum Gasteiger partial charge on any atom is 0.387 e. The molecule has 0 unspecified atom stereocenters. The molecule has 28 heavy (non-hydrogen) atoms. The van der Waals surface area contributed by atoms with Crippen molar-refractivity contribution in [1.82, 2.24) is 10.3 Å². The SMILES string of the molecule is COc1cc(-c2ccc(OC(F)F)cc2)c2ncc(C(=O)NCCO)cc2c1. The quantitative estimate of drug-likeness (QED) is 0.650. The van der Waals surface area contributed by atoms with E-state index >= 15 is 0 Å². The van der Waals surface area contributed by atoms with Crippen molar-refractivity contribution in [3.63, 3.8) is 0 Å². The molecule has 0 aliphatic rings. The van der Waals surface area contributed by atoms with Gasteiger partial charge < -0.3 is 19.9 Å². The van der Waals surface area contributed by atoms with E-state index in [0.29, 0.717) is 22.2 Å². The fraction of sp³-hybridized carbons (Fsp3) is 0.200. The van der Waals surface area contributed by atoms with Gasteiger partial charge in [0.2, 0.25) is 0 Å². The van der Waals surface area contributed by atoms with Gasteiger partial charge in [0.1, 0.15) is 11.5 Å². The Kier molecular flexibility index (Phi) is 6.00. The first kappa shape index (κ1) is 19.5. The number of nitrogens with zero attached hydrogens (tertiary/aromatic N) is 1. The molecule has 0 saturated heterocycles. The summed E-state index contributed by atoms with van der Waals surface area (Å²) in [6.07, 6.45) is 1.44. The molecule has 6 nitrogen and oxygen atoms in total. The van der Waals surface area contributed by atoms with Crippen LogP contribution in [0, 0.1) is 0 Å². The fourth-order valence-corrected chi connectivity index (χ4v) is 2.77. The number of nitrogens with one attached hydrogen (secondary N) is 1. The molecule has 2 aromatic carbocycles. The average molecular weight is 388 g/mol. The Bertz CT molecular complexity index is 978. The molecule has 0 saturated carbocycles. The van der Waals surface area contributed by atoms with Crippen molar-refractivity contribution in [2.24, 2.45) is 0 Å². The van der Waals surface area contributed by atoms with E-state index in [4.69, 9.17) is 9.84 Å². The van der Waals surface area contributed by atoms with Gasteiger partial charge in [0.05, 0.1) is 24.8 Å². The molecule has 1 heterocycles. The second-order valence-corrected chi connectivity index (χ2v) is 5.85. The molecule has 0 aliphatic heterocycles. The van der Waals surface area contributed by atoms with Crippen molar-refractivity contribution >= 4 is 16.8 Å². The van der Waals surface area contributed by atoms with Crippen LogP contribution in [-0.4, -0.2) is 42.9 Å². The van der Waals surface area contributed by atoms with Crippen molar-refractivity contribution in [1.29, 1.82) is 0 Å². The van der Waals surface area contributed by atoms with Gasteiger partial charge in [-0.05, 0) is 35.9 Å². The summed E-state index contributed by atoms with van der Waals surface area (Å²) < 4.78 is 34.4. The van der Waals surface area contributed by atoms with Crippen molar-refractivity contribution in [2.45, 2.75) is 6.61 Å². The van der Waals surface area contributed by atoms with Crippen LogP contribution in [0.15, 0.2) is 48.7 Å². The largest absolute Gasteiger partial charge is 0.497 e. The molecule has 0 aliphatic carbocycles. The summed E-state index contributed by atoms with van der Waals surface area (Å²) in [6.45, 7) is -2.90. The highest BCUT2D eigenvalue weighted by molar-refractivity contribution is 6.01. The second-order valence-electron chi connectivity index (χ2n) is 5.85. The monoisotopic (exact) mass is 388 g/mol. The van der Waals surface area contributed by atoms with Gasteiger partial charge in [0.15, 0.2) is 0 Å². The number of halogens is 2. The molecule has 0 spiro atoms. The van der Waals surface area contributed by atoms with E-state index in [1.165, 1.54) is 25.4 Å². The molecule has 8 heteroatoms. The van der Waals surface area contributed by atoms with Crippen molar-refractivity contribution in [3.8, 4) is 22.6 Å². The summed E-state index contributed by atoms with van der Waals surface area (Å²) in [5.74, 6) is 0.271. The van der Waals surface area contributed by atoms with Crippen LogP contribution in [0.3, 0.4) is 0 Å². The van der Waals surface area contributed by atoms with E-state index in [-0.39, 0.29) is 24.8 Å². The van der Waals surface area contributed by atoms with Crippen LogP contribution in [0.2, 0.25) is 0 Å². The number of methoxy groups -OCH3 is 1. The van der Waals surface area contributed by atoms with Crippen LogP contribution >= 0.6 is 0 Å². The van der Waals surface area contributed by atoms with Crippen LogP contribution < -0.4 is 14.8 Å². The third-order valence-corrected chi connectivity index (χ3v) is 4.04. The first-order chi connectivity index (χ1) is 13.5. The lowest BCUT2D eigenvalue weighted by atomic mass is 10.0. The number of rotatable bonds is 7. The minimum Gasteiger partial charge on any atom is -0.497 e. The number of hydrogen-bond acceptors (Lipinski definition) is 5. The van der Waals surface area contributed by atoms with Crippen molar-refractivity contribution < 1.29 is 28.2 Å². The van der Waals surface area contributed by atoms with Gasteiger partial charge in [-0.3, -0.25) is 9.78 Å². The molecule has 146 valence electrons. The summed E-state index contributed by atoms with van der Waals surface area (Å²) in [6, 6.07) is 11.4. The summed E-state index contributed by atoms with van der Waals surface area (Å²) in [5.41, 5.74) is 2.43. The third kappa shape index (κ3) is 4.34. The number of carbonyl (C=O) groups is 1. The fourth-order valence-electron chi connectivity index (χ4n) is 2.77. The number of amides is 1. The molecular formula is C20H18F2N2O4. The predicted molar refractivity (Wildman–Crippen MR) is 99.8 cm³/mol. The van der Waals surface area contributed by atoms with Gasteiger partial charge in [-0.15, -0.1) is 0 Å². The number of benzene rings is 2. The van der Waals surface area contributed by atoms with E-state index < -0.39 is 6.61 Å². The number of fused-ring (bicyclic) bond motifs is 1. The number of alkyl halides is 2. The van der Waals surface area contributed by atoms with E-state index in [0.717, 1.165) is 11.1 Å². The topological polar surface area (TPSA) is 80.7 Å². The summed E-state index contributed by atoms with van der Waals surface area (Å²) in [4.78, 5) is 16.5. The zero-order valence-electron chi connectivity index (χ0n) is 15.0. The number of aliphatic hydroxyl groups excluding tert-OH is 1. The maximum absolute atomic E-state index is 12.3. The Hall–Kier alpha value is -3.26. The highest BCUT2D eigenvalue weighted by Crippen LogP contribution is 2.33. The van der Waals surface area contributed by atoms with E-state index in [9.17, 15) is 13.6 Å². The van der Waals surface area contributed by atoms with Crippen molar-refractivity contribution in [3.05, 3.63) is 54.2 Å². The van der Waals surface area contributed by atoms with Gasteiger partial charge in [0.25, 0.3) is 5.91 Å². The van der Waals surface area contributed by atoms with Gasteiger partial charge in [0, 0.05) is 23.7 Å². The maximum atomic E-state index is 12.3. The molecule has 3 aromatic rings. The highest BCUT2D eigenvalue weighted by atomic mass is 19.3. The predicted octanol–water partition coefficient (Wildman–Crippen LogP) is 3.23.